The fraction of sp³-hybridized carbons (Fsp3) is 0.462. The minimum atomic E-state index is -4.78. The van der Waals surface area contributed by atoms with E-state index in [1.807, 2.05) is 0 Å². The molecule has 0 fully saturated rings. The molecule has 0 spiro atoms. The summed E-state index contributed by atoms with van der Waals surface area (Å²) in [6, 6.07) is 5.55. The average Bonchev–Trinajstić information content (AvgIpc) is 2.43. The fourth-order valence-corrected chi connectivity index (χ4v) is 1.44. The van der Waals surface area contributed by atoms with Crippen LogP contribution in [-0.4, -0.2) is 45.8 Å². The van der Waals surface area contributed by atoms with Crippen molar-refractivity contribution in [2.45, 2.75) is 6.36 Å². The Balaban J connectivity index is 0.00000484. The molecule has 1 rings (SSSR count). The minimum absolute atomic E-state index is 0. The van der Waals surface area contributed by atoms with E-state index >= 15 is 0 Å². The van der Waals surface area contributed by atoms with E-state index in [4.69, 9.17) is 15.2 Å². The number of guanidine groups is 1. The van der Waals surface area contributed by atoms with Gasteiger partial charge >= 0.3 is 6.36 Å². The first-order chi connectivity index (χ1) is 10.4. The molecule has 1 aromatic carbocycles. The van der Waals surface area contributed by atoms with Crippen molar-refractivity contribution in [3.8, 4) is 5.75 Å². The number of nitrogens with two attached hydrogens (primary N) is 1. The summed E-state index contributed by atoms with van der Waals surface area (Å²) in [6.07, 6.45) is -4.78. The number of nitrogens with zero attached hydrogens (tertiary/aromatic N) is 1. The van der Waals surface area contributed by atoms with Crippen molar-refractivity contribution in [1.82, 2.24) is 0 Å². The van der Waals surface area contributed by atoms with Crippen LogP contribution in [0.1, 0.15) is 0 Å². The molecule has 23 heavy (non-hydrogen) atoms. The molecule has 0 amide bonds. The number of alkyl halides is 3. The number of hydrogen-bond acceptors (Lipinski definition) is 4. The SMILES string of the molecule is COCCOCCN=C(N)Nc1ccccc1OC(F)(F)F.I. The number of benzene rings is 1. The summed E-state index contributed by atoms with van der Waals surface area (Å²) in [5.74, 6) is -0.418. The Morgan fingerprint density at radius 3 is 2.57 bits per heavy atom. The van der Waals surface area contributed by atoms with Crippen molar-refractivity contribution in [3.63, 3.8) is 0 Å². The van der Waals surface area contributed by atoms with Crippen LogP contribution in [0, 0.1) is 0 Å². The van der Waals surface area contributed by atoms with Crippen LogP contribution in [0.2, 0.25) is 0 Å². The lowest BCUT2D eigenvalue weighted by molar-refractivity contribution is -0.274. The van der Waals surface area contributed by atoms with Gasteiger partial charge in [0.15, 0.2) is 11.7 Å². The highest BCUT2D eigenvalue weighted by Crippen LogP contribution is 2.29. The molecule has 0 aliphatic carbocycles. The van der Waals surface area contributed by atoms with Gasteiger partial charge in [-0.05, 0) is 12.1 Å². The van der Waals surface area contributed by atoms with E-state index in [-0.39, 0.29) is 47.9 Å². The van der Waals surface area contributed by atoms with E-state index in [9.17, 15) is 13.2 Å². The maximum Gasteiger partial charge on any atom is 0.573 e. The van der Waals surface area contributed by atoms with Crippen molar-refractivity contribution in [2.24, 2.45) is 10.7 Å². The molecule has 0 aromatic heterocycles. The Hall–Kier alpha value is -1.27. The maximum atomic E-state index is 12.3. The molecule has 6 nitrogen and oxygen atoms in total. The molecule has 10 heteroatoms. The zero-order valence-corrected chi connectivity index (χ0v) is 14.8. The number of ether oxygens (including phenoxy) is 3. The normalized spacial score (nSPS) is 11.7. The third-order valence-corrected chi connectivity index (χ3v) is 2.33. The number of anilines is 1. The molecule has 0 atom stereocenters. The lowest BCUT2D eigenvalue weighted by Crippen LogP contribution is -2.25. The zero-order valence-electron chi connectivity index (χ0n) is 12.4. The van der Waals surface area contributed by atoms with Crippen molar-refractivity contribution in [1.29, 1.82) is 0 Å². The highest BCUT2D eigenvalue weighted by molar-refractivity contribution is 14.0. The predicted octanol–water partition coefficient (Wildman–Crippen LogP) is 2.59. The van der Waals surface area contributed by atoms with Crippen LogP contribution >= 0.6 is 24.0 Å². The molecule has 1 aromatic rings. The first-order valence-electron chi connectivity index (χ1n) is 6.41. The zero-order chi connectivity index (χ0) is 16.4. The Kier molecular flexibility index (Phi) is 10.7. The Morgan fingerprint density at radius 2 is 1.91 bits per heavy atom. The molecular formula is C13H19F3IN3O3. The largest absolute Gasteiger partial charge is 0.573 e. The van der Waals surface area contributed by atoms with E-state index in [0.717, 1.165) is 0 Å². The maximum absolute atomic E-state index is 12.3. The molecule has 0 aliphatic rings. The van der Waals surface area contributed by atoms with Gasteiger partial charge in [0.2, 0.25) is 0 Å². The molecular weight excluding hydrogens is 430 g/mol. The molecule has 0 aliphatic heterocycles. The quantitative estimate of drug-likeness (QED) is 0.276. The van der Waals surface area contributed by atoms with E-state index < -0.39 is 6.36 Å². The van der Waals surface area contributed by atoms with Gasteiger partial charge in [-0.1, -0.05) is 12.1 Å². The third kappa shape index (κ3) is 10.2. The van der Waals surface area contributed by atoms with E-state index in [1.54, 1.807) is 13.2 Å². The fourth-order valence-electron chi connectivity index (χ4n) is 1.44. The van der Waals surface area contributed by atoms with Gasteiger partial charge in [-0.2, -0.15) is 0 Å². The Labute approximate surface area is 149 Å². The number of methoxy groups -OCH3 is 1. The Bertz CT molecular complexity index is 487. The highest BCUT2D eigenvalue weighted by Gasteiger charge is 2.32. The van der Waals surface area contributed by atoms with Crippen LogP contribution in [0.5, 0.6) is 5.75 Å². The lowest BCUT2D eigenvalue weighted by Gasteiger charge is -2.14. The van der Waals surface area contributed by atoms with Crippen LogP contribution < -0.4 is 15.8 Å². The number of para-hydroxylation sites is 2. The second-order valence-electron chi connectivity index (χ2n) is 4.04. The summed E-state index contributed by atoms with van der Waals surface area (Å²) in [7, 11) is 1.56. The van der Waals surface area contributed by atoms with Gasteiger partial charge in [0.05, 0.1) is 32.1 Å². The van der Waals surface area contributed by atoms with Gasteiger partial charge in [0, 0.05) is 7.11 Å². The minimum Gasteiger partial charge on any atom is -0.404 e. The first-order valence-corrected chi connectivity index (χ1v) is 6.41. The van der Waals surface area contributed by atoms with Crippen molar-refractivity contribution in [2.75, 3.05) is 38.8 Å². The Morgan fingerprint density at radius 1 is 1.22 bits per heavy atom. The van der Waals surface area contributed by atoms with Crippen LogP contribution in [0.25, 0.3) is 0 Å². The molecule has 0 radical (unpaired) electrons. The molecule has 0 saturated carbocycles. The number of nitrogens with one attached hydrogen (secondary N) is 1. The summed E-state index contributed by atoms with van der Waals surface area (Å²) < 4.78 is 50.7. The molecule has 0 unspecified atom stereocenters. The molecule has 3 N–H and O–H groups in total. The van der Waals surface area contributed by atoms with Gasteiger partial charge in [-0.25, -0.2) is 0 Å². The first kappa shape index (κ1) is 21.7. The van der Waals surface area contributed by atoms with E-state index in [1.165, 1.54) is 18.2 Å². The number of halogens is 4. The topological polar surface area (TPSA) is 78.1 Å². The van der Waals surface area contributed by atoms with Gasteiger partial charge in [0.1, 0.15) is 0 Å². The predicted molar refractivity (Wildman–Crippen MR) is 91.3 cm³/mol. The summed E-state index contributed by atoms with van der Waals surface area (Å²) >= 11 is 0. The molecule has 0 heterocycles. The second-order valence-corrected chi connectivity index (χ2v) is 4.04. The van der Waals surface area contributed by atoms with Crippen LogP contribution in [0.3, 0.4) is 0 Å². The van der Waals surface area contributed by atoms with Gasteiger partial charge in [-0.15, -0.1) is 37.1 Å². The van der Waals surface area contributed by atoms with Crippen LogP contribution in [0.15, 0.2) is 29.3 Å². The molecule has 0 saturated heterocycles. The summed E-state index contributed by atoms with van der Waals surface area (Å²) in [5, 5.41) is 2.56. The van der Waals surface area contributed by atoms with Crippen molar-refractivity contribution < 1.29 is 27.4 Å². The number of rotatable bonds is 8. The lowest BCUT2D eigenvalue weighted by atomic mass is 10.3. The van der Waals surface area contributed by atoms with Gasteiger partial charge < -0.3 is 25.3 Å². The molecule has 132 valence electrons. The molecule has 0 bridgehead atoms. The van der Waals surface area contributed by atoms with Crippen molar-refractivity contribution in [3.05, 3.63) is 24.3 Å². The number of hydrogen-bond donors (Lipinski definition) is 2. The average molecular weight is 449 g/mol. The number of aliphatic imine (C=N–C) groups is 1. The summed E-state index contributed by atoms with van der Waals surface area (Å²) in [6.45, 7) is 1.50. The van der Waals surface area contributed by atoms with Crippen LogP contribution in [0.4, 0.5) is 18.9 Å². The van der Waals surface area contributed by atoms with Crippen molar-refractivity contribution >= 4 is 35.6 Å². The van der Waals surface area contributed by atoms with E-state index in [0.29, 0.717) is 19.8 Å². The van der Waals surface area contributed by atoms with Gasteiger partial charge in [0.25, 0.3) is 0 Å². The monoisotopic (exact) mass is 449 g/mol. The summed E-state index contributed by atoms with van der Waals surface area (Å²) in [5.41, 5.74) is 5.67. The second kappa shape index (κ2) is 11.3. The van der Waals surface area contributed by atoms with Crippen LogP contribution in [-0.2, 0) is 9.47 Å². The van der Waals surface area contributed by atoms with E-state index in [2.05, 4.69) is 15.0 Å². The highest BCUT2D eigenvalue weighted by atomic mass is 127. The standard InChI is InChI=1S/C13H18F3N3O3.HI/c1-20-8-9-21-7-6-18-12(17)19-10-4-2-3-5-11(10)22-13(14,15)16;/h2-5H,6-9H2,1H3,(H3,17,18,19);1H. The smallest absolute Gasteiger partial charge is 0.404 e. The summed E-state index contributed by atoms with van der Waals surface area (Å²) in [4.78, 5) is 3.94. The van der Waals surface area contributed by atoms with Gasteiger partial charge in [-0.3, -0.25) is 4.99 Å². The third-order valence-electron chi connectivity index (χ3n) is 2.33.